The van der Waals surface area contributed by atoms with E-state index in [0.717, 1.165) is 12.1 Å². The van der Waals surface area contributed by atoms with Crippen LogP contribution in [0.3, 0.4) is 0 Å². The molecule has 4 heteroatoms. The number of hydrogen-bond acceptors (Lipinski definition) is 3. The Kier molecular flexibility index (Phi) is 2.53. The van der Waals surface area contributed by atoms with Crippen LogP contribution in [0.15, 0.2) is 30.3 Å². The minimum atomic E-state index is -0.305. The van der Waals surface area contributed by atoms with Gasteiger partial charge in [-0.2, -0.15) is 0 Å². The van der Waals surface area contributed by atoms with Gasteiger partial charge in [0.05, 0.1) is 12.3 Å². The van der Waals surface area contributed by atoms with Gasteiger partial charge in [0.25, 0.3) is 0 Å². The fraction of sp³-hybridized carbons (Fsp3) is 0.300. The molecule has 0 radical (unpaired) electrons. The third kappa shape index (κ3) is 1.96. The number of nitrogens with one attached hydrogen (secondary N) is 1. The average molecular weight is 192 g/mol. The van der Waals surface area contributed by atoms with Crippen molar-refractivity contribution in [2.75, 3.05) is 18.6 Å². The van der Waals surface area contributed by atoms with Gasteiger partial charge in [-0.25, -0.2) is 9.80 Å². The van der Waals surface area contributed by atoms with Crippen molar-refractivity contribution < 1.29 is 9.53 Å². The summed E-state index contributed by atoms with van der Waals surface area (Å²) in [5, 5.41) is 1.48. The summed E-state index contributed by atoms with van der Waals surface area (Å²) in [6, 6.07) is 9.57. The normalized spacial score (nSPS) is 16.3. The van der Waals surface area contributed by atoms with E-state index in [1.807, 2.05) is 30.3 Å². The largest absolute Gasteiger partial charge is 0.448 e. The number of carbonyl (C=O) groups is 1. The molecule has 1 N–H and O–H groups in total. The van der Waals surface area contributed by atoms with E-state index in [2.05, 4.69) is 5.43 Å². The summed E-state index contributed by atoms with van der Waals surface area (Å²) in [5.74, 6) is 0. The maximum absolute atomic E-state index is 11.2. The number of rotatable bonds is 2. The van der Waals surface area contributed by atoms with Gasteiger partial charge in [0.15, 0.2) is 0 Å². The van der Waals surface area contributed by atoms with Crippen LogP contribution in [0.2, 0.25) is 0 Å². The van der Waals surface area contributed by atoms with Crippen molar-refractivity contribution in [2.45, 2.75) is 6.42 Å². The first-order valence-electron chi connectivity index (χ1n) is 4.62. The molecule has 14 heavy (non-hydrogen) atoms. The second-order valence-corrected chi connectivity index (χ2v) is 3.10. The molecule has 1 aromatic rings. The Morgan fingerprint density at radius 3 is 2.79 bits per heavy atom. The number of amides is 1. The van der Waals surface area contributed by atoms with Crippen molar-refractivity contribution in [3.63, 3.8) is 0 Å². The summed E-state index contributed by atoms with van der Waals surface area (Å²) in [7, 11) is 0. The highest BCUT2D eigenvalue weighted by Gasteiger charge is 2.18. The van der Waals surface area contributed by atoms with Gasteiger partial charge in [-0.1, -0.05) is 18.2 Å². The van der Waals surface area contributed by atoms with Crippen molar-refractivity contribution in [1.29, 1.82) is 0 Å². The molecule has 0 unspecified atom stereocenters. The lowest BCUT2D eigenvalue weighted by atomic mass is 10.3. The van der Waals surface area contributed by atoms with Crippen LogP contribution in [0.25, 0.3) is 0 Å². The molecule has 1 aliphatic heterocycles. The van der Waals surface area contributed by atoms with E-state index in [1.54, 1.807) is 0 Å². The Hall–Kier alpha value is -1.71. The third-order valence-electron chi connectivity index (χ3n) is 2.01. The second kappa shape index (κ2) is 4.00. The van der Waals surface area contributed by atoms with E-state index in [9.17, 15) is 4.79 Å². The molecule has 0 aromatic heterocycles. The fourth-order valence-corrected chi connectivity index (χ4v) is 1.32. The summed E-state index contributed by atoms with van der Waals surface area (Å²) >= 11 is 0. The monoisotopic (exact) mass is 192 g/mol. The van der Waals surface area contributed by atoms with Gasteiger partial charge in [-0.05, 0) is 12.1 Å². The first kappa shape index (κ1) is 8.87. The molecule has 1 heterocycles. The third-order valence-corrected chi connectivity index (χ3v) is 2.01. The molecule has 0 aliphatic carbocycles. The van der Waals surface area contributed by atoms with Crippen LogP contribution in [-0.2, 0) is 4.74 Å². The standard InChI is InChI=1S/C10H12N2O2/c13-10-12(7-4-8-14-10)11-9-5-2-1-3-6-9/h1-3,5-6,11H,4,7-8H2. The molecule has 1 aliphatic rings. The van der Waals surface area contributed by atoms with Crippen molar-refractivity contribution in [1.82, 2.24) is 5.01 Å². The lowest BCUT2D eigenvalue weighted by Crippen LogP contribution is -2.41. The zero-order valence-electron chi connectivity index (χ0n) is 7.77. The first-order chi connectivity index (χ1) is 6.86. The number of benzene rings is 1. The number of anilines is 1. The van der Waals surface area contributed by atoms with Crippen LogP contribution < -0.4 is 5.43 Å². The van der Waals surface area contributed by atoms with Crippen LogP contribution in [0, 0.1) is 0 Å². The number of hydrogen-bond donors (Lipinski definition) is 1. The van der Waals surface area contributed by atoms with Gasteiger partial charge in [0.1, 0.15) is 0 Å². The predicted molar refractivity (Wildman–Crippen MR) is 52.7 cm³/mol. The smallest absolute Gasteiger partial charge is 0.428 e. The molecule has 0 bridgehead atoms. The van der Waals surface area contributed by atoms with Crippen LogP contribution in [-0.4, -0.2) is 24.3 Å². The van der Waals surface area contributed by atoms with E-state index >= 15 is 0 Å². The van der Waals surface area contributed by atoms with Crippen molar-refractivity contribution in [2.24, 2.45) is 0 Å². The van der Waals surface area contributed by atoms with E-state index in [4.69, 9.17) is 4.74 Å². The van der Waals surface area contributed by atoms with Crippen LogP contribution in [0.4, 0.5) is 10.5 Å². The summed E-state index contributed by atoms with van der Waals surface area (Å²) in [5.41, 5.74) is 3.88. The second-order valence-electron chi connectivity index (χ2n) is 3.10. The minimum absolute atomic E-state index is 0.305. The summed E-state index contributed by atoms with van der Waals surface area (Å²) < 4.78 is 4.89. The summed E-state index contributed by atoms with van der Waals surface area (Å²) in [6.07, 6.45) is 0.561. The number of para-hydroxylation sites is 1. The quantitative estimate of drug-likeness (QED) is 0.777. The SMILES string of the molecule is O=C1OCCCN1Nc1ccccc1. The molecule has 0 saturated carbocycles. The Bertz CT molecular complexity index is 313. The van der Waals surface area contributed by atoms with Gasteiger partial charge < -0.3 is 4.74 Å². The van der Waals surface area contributed by atoms with Gasteiger partial charge in [-0.15, -0.1) is 0 Å². The predicted octanol–water partition coefficient (Wildman–Crippen LogP) is 1.86. The van der Waals surface area contributed by atoms with Gasteiger partial charge in [0.2, 0.25) is 0 Å². The molecule has 1 saturated heterocycles. The summed E-state index contributed by atoms with van der Waals surface area (Å²) in [4.78, 5) is 11.2. The number of cyclic esters (lactones) is 1. The number of hydrazine groups is 1. The zero-order valence-corrected chi connectivity index (χ0v) is 7.77. The fourth-order valence-electron chi connectivity index (χ4n) is 1.32. The van der Waals surface area contributed by atoms with Crippen LogP contribution in [0.5, 0.6) is 0 Å². The molecule has 1 aromatic carbocycles. The zero-order chi connectivity index (χ0) is 9.80. The number of carbonyl (C=O) groups excluding carboxylic acids is 1. The topological polar surface area (TPSA) is 41.6 Å². The first-order valence-corrected chi connectivity index (χ1v) is 4.62. The molecule has 2 rings (SSSR count). The Labute approximate surface area is 82.4 Å². The molecule has 4 nitrogen and oxygen atoms in total. The molecule has 1 amide bonds. The molecule has 0 atom stereocenters. The van der Waals surface area contributed by atoms with Gasteiger partial charge in [-0.3, -0.25) is 5.43 Å². The van der Waals surface area contributed by atoms with E-state index < -0.39 is 0 Å². The molecule has 0 spiro atoms. The van der Waals surface area contributed by atoms with Gasteiger partial charge in [0, 0.05) is 13.0 Å². The van der Waals surface area contributed by atoms with Crippen molar-refractivity contribution >= 4 is 11.8 Å². The molecule has 1 fully saturated rings. The van der Waals surface area contributed by atoms with E-state index in [1.165, 1.54) is 5.01 Å². The maximum Gasteiger partial charge on any atom is 0.428 e. The Morgan fingerprint density at radius 1 is 1.29 bits per heavy atom. The molecular formula is C10H12N2O2. The van der Waals surface area contributed by atoms with Crippen LogP contribution in [0.1, 0.15) is 6.42 Å². The van der Waals surface area contributed by atoms with E-state index in [-0.39, 0.29) is 6.09 Å². The minimum Gasteiger partial charge on any atom is -0.448 e. The maximum atomic E-state index is 11.2. The highest BCUT2D eigenvalue weighted by molar-refractivity contribution is 5.70. The lowest BCUT2D eigenvalue weighted by molar-refractivity contribution is 0.0826. The Morgan fingerprint density at radius 2 is 2.07 bits per heavy atom. The van der Waals surface area contributed by atoms with Crippen molar-refractivity contribution in [3.8, 4) is 0 Å². The molecular weight excluding hydrogens is 180 g/mol. The lowest BCUT2D eigenvalue weighted by Gasteiger charge is -2.27. The van der Waals surface area contributed by atoms with Crippen molar-refractivity contribution in [3.05, 3.63) is 30.3 Å². The van der Waals surface area contributed by atoms with Gasteiger partial charge >= 0.3 is 6.09 Å². The summed E-state index contributed by atoms with van der Waals surface area (Å²) in [6.45, 7) is 1.21. The van der Waals surface area contributed by atoms with E-state index in [0.29, 0.717) is 13.2 Å². The highest BCUT2D eigenvalue weighted by Crippen LogP contribution is 2.10. The Balaban J connectivity index is 2.00. The highest BCUT2D eigenvalue weighted by atomic mass is 16.6. The van der Waals surface area contributed by atoms with Crippen LogP contribution >= 0.6 is 0 Å². The average Bonchev–Trinajstić information content (AvgIpc) is 2.23. The molecule has 74 valence electrons. The number of ether oxygens (including phenoxy) is 1. The number of nitrogens with zero attached hydrogens (tertiary/aromatic N) is 1.